The number of aromatic nitrogens is 2. The number of methoxy groups -OCH3 is 1. The lowest BCUT2D eigenvalue weighted by atomic mass is 10.3. The molecule has 0 bridgehead atoms. The normalized spacial score (nSPS) is 10.4. The van der Waals surface area contributed by atoms with Gasteiger partial charge in [-0.2, -0.15) is 4.79 Å². The van der Waals surface area contributed by atoms with Crippen molar-refractivity contribution in [2.24, 2.45) is 7.05 Å². The summed E-state index contributed by atoms with van der Waals surface area (Å²) in [4.78, 5) is 11.1. The minimum Gasteiger partial charge on any atom is -0.497 e. The third-order valence-corrected chi connectivity index (χ3v) is 1.89. The molecule has 1 heterocycles. The smallest absolute Gasteiger partial charge is 0.497 e. The predicted molar refractivity (Wildman–Crippen MR) is 48.0 cm³/mol. The fourth-order valence-corrected chi connectivity index (χ4v) is 1.15. The summed E-state index contributed by atoms with van der Waals surface area (Å²) < 4.78 is 11.1. The highest BCUT2D eigenvalue weighted by molar-refractivity contribution is 5.72. The van der Waals surface area contributed by atoms with E-state index in [0.29, 0.717) is 16.8 Å². The van der Waals surface area contributed by atoms with Crippen LogP contribution < -0.4 is 15.2 Å². The lowest BCUT2D eigenvalue weighted by Gasteiger charge is -1.97. The summed E-state index contributed by atoms with van der Waals surface area (Å²) in [6.45, 7) is 0. The van der Waals surface area contributed by atoms with Crippen LogP contribution in [0.1, 0.15) is 0 Å². The largest absolute Gasteiger partial charge is 0.628 e. The predicted octanol–water partition coefficient (Wildman–Crippen LogP) is 0.0211. The molecule has 0 unspecified atom stereocenters. The van der Waals surface area contributed by atoms with E-state index in [-0.39, 0.29) is 0 Å². The number of hydrogen-bond acceptors (Lipinski definition) is 4. The molecule has 0 amide bonds. The molecule has 0 saturated carbocycles. The molecule has 2 aromatic rings. The van der Waals surface area contributed by atoms with E-state index in [0.717, 1.165) is 4.68 Å². The zero-order valence-electron chi connectivity index (χ0n) is 7.85. The van der Waals surface area contributed by atoms with Gasteiger partial charge in [0.2, 0.25) is 0 Å². The molecule has 0 aliphatic rings. The standard InChI is InChI=1S/C9H9N2O3/c1-11-9(12)14-8-4-3-6(13-2)5-7(8)10-11/h3-5H,1-2H3/q+1. The Kier molecular flexibility index (Phi) is 1.92. The van der Waals surface area contributed by atoms with E-state index in [4.69, 9.17) is 9.15 Å². The van der Waals surface area contributed by atoms with Gasteiger partial charge in [-0.25, -0.2) is 0 Å². The van der Waals surface area contributed by atoms with Gasteiger partial charge in [-0.05, 0) is 16.8 Å². The van der Waals surface area contributed by atoms with Gasteiger partial charge in [0.15, 0.2) is 18.1 Å². The van der Waals surface area contributed by atoms with Crippen molar-refractivity contribution in [1.29, 1.82) is 0 Å². The Morgan fingerprint density at radius 3 is 3.00 bits per heavy atom. The molecule has 1 aromatic carbocycles. The third-order valence-electron chi connectivity index (χ3n) is 1.89. The molecule has 0 fully saturated rings. The second-order valence-electron chi connectivity index (χ2n) is 2.83. The lowest BCUT2D eigenvalue weighted by Crippen LogP contribution is -2.48. The number of rotatable bonds is 1. The van der Waals surface area contributed by atoms with Crippen LogP contribution in [-0.4, -0.2) is 12.2 Å². The minimum absolute atomic E-state index is 0.453. The molecule has 2 rings (SSSR count). The molecule has 5 heteroatoms. The third kappa shape index (κ3) is 1.32. The van der Waals surface area contributed by atoms with Crippen molar-refractivity contribution < 1.29 is 13.8 Å². The summed E-state index contributed by atoms with van der Waals surface area (Å²) in [6.07, 6.45) is 0. The first kappa shape index (κ1) is 8.68. The average Bonchev–Trinajstić information content (AvgIpc) is 2.19. The Hall–Kier alpha value is -1.91. The summed E-state index contributed by atoms with van der Waals surface area (Å²) in [5.41, 5.74) is 1.04. The summed E-state index contributed by atoms with van der Waals surface area (Å²) in [5.74, 6) is 0.196. The second-order valence-corrected chi connectivity index (χ2v) is 2.83. The SMILES string of the molecule is COc1ccc2oc(=O)[n+](C)nc2c1. The Labute approximate surface area is 79.5 Å². The van der Waals surface area contributed by atoms with Crippen LogP contribution in [0.15, 0.2) is 27.4 Å². The molecule has 14 heavy (non-hydrogen) atoms. The van der Waals surface area contributed by atoms with E-state index in [9.17, 15) is 4.79 Å². The van der Waals surface area contributed by atoms with Crippen molar-refractivity contribution in [3.8, 4) is 5.75 Å². The molecule has 0 aliphatic carbocycles. The zero-order valence-corrected chi connectivity index (χ0v) is 7.85. The Morgan fingerprint density at radius 2 is 2.29 bits per heavy atom. The van der Waals surface area contributed by atoms with Gasteiger partial charge in [-0.3, -0.25) is 0 Å². The van der Waals surface area contributed by atoms with E-state index < -0.39 is 5.76 Å². The molecule has 0 saturated heterocycles. The maximum atomic E-state index is 11.1. The highest BCUT2D eigenvalue weighted by Gasteiger charge is 2.09. The number of aryl methyl sites for hydroxylation is 1. The van der Waals surface area contributed by atoms with Crippen LogP contribution in [0.2, 0.25) is 0 Å². The second kappa shape index (κ2) is 3.10. The number of nitrogens with zero attached hydrogens (tertiary/aromatic N) is 2. The van der Waals surface area contributed by atoms with Crippen molar-refractivity contribution in [3.05, 3.63) is 28.7 Å². The van der Waals surface area contributed by atoms with Gasteiger partial charge in [-0.15, -0.1) is 0 Å². The first-order valence-electron chi connectivity index (χ1n) is 4.06. The highest BCUT2D eigenvalue weighted by Crippen LogP contribution is 2.16. The summed E-state index contributed by atoms with van der Waals surface area (Å²) >= 11 is 0. The van der Waals surface area contributed by atoms with Gasteiger partial charge in [0.25, 0.3) is 0 Å². The van der Waals surface area contributed by atoms with Crippen LogP contribution in [0, 0.1) is 0 Å². The quantitative estimate of drug-likeness (QED) is 0.599. The first-order valence-corrected chi connectivity index (χ1v) is 4.06. The summed E-state index contributed by atoms with van der Waals surface area (Å²) in [6, 6.07) is 5.08. The van der Waals surface area contributed by atoms with Crippen LogP contribution in [0.3, 0.4) is 0 Å². The van der Waals surface area contributed by atoms with Crippen LogP contribution in [0.25, 0.3) is 11.1 Å². The molecule has 1 aromatic heterocycles. The van der Waals surface area contributed by atoms with E-state index in [1.807, 2.05) is 0 Å². The van der Waals surface area contributed by atoms with Crippen molar-refractivity contribution >= 4 is 11.1 Å². The maximum absolute atomic E-state index is 11.1. The molecule has 0 spiro atoms. The van der Waals surface area contributed by atoms with Crippen molar-refractivity contribution in [2.45, 2.75) is 0 Å². The van der Waals surface area contributed by atoms with Gasteiger partial charge < -0.3 is 9.15 Å². The number of benzene rings is 1. The molecule has 5 nitrogen and oxygen atoms in total. The molecule has 0 aliphatic heterocycles. The summed E-state index contributed by atoms with van der Waals surface area (Å²) in [7, 11) is 3.10. The molecular weight excluding hydrogens is 184 g/mol. The lowest BCUT2D eigenvalue weighted by molar-refractivity contribution is -0.752. The number of hydrogen-bond donors (Lipinski definition) is 0. The Bertz CT molecular complexity index is 533. The van der Waals surface area contributed by atoms with Crippen LogP contribution >= 0.6 is 0 Å². The topological polar surface area (TPSA) is 56.2 Å². The molecule has 0 N–H and O–H groups in total. The van der Waals surface area contributed by atoms with Gasteiger partial charge >= 0.3 is 5.76 Å². The zero-order chi connectivity index (χ0) is 10.1. The van der Waals surface area contributed by atoms with Crippen molar-refractivity contribution in [1.82, 2.24) is 5.10 Å². The fourth-order valence-electron chi connectivity index (χ4n) is 1.15. The van der Waals surface area contributed by atoms with Crippen LogP contribution in [0.4, 0.5) is 0 Å². The van der Waals surface area contributed by atoms with Crippen molar-refractivity contribution in [3.63, 3.8) is 0 Å². The maximum Gasteiger partial charge on any atom is 0.628 e. The van der Waals surface area contributed by atoms with E-state index >= 15 is 0 Å². The number of fused-ring (bicyclic) bond motifs is 1. The van der Waals surface area contributed by atoms with E-state index in [2.05, 4.69) is 5.10 Å². The van der Waals surface area contributed by atoms with Crippen LogP contribution in [-0.2, 0) is 7.05 Å². The molecule has 0 radical (unpaired) electrons. The van der Waals surface area contributed by atoms with Gasteiger partial charge in [0.05, 0.1) is 7.11 Å². The van der Waals surface area contributed by atoms with Gasteiger partial charge in [-0.1, -0.05) is 0 Å². The first-order chi connectivity index (χ1) is 6.70. The average molecular weight is 193 g/mol. The minimum atomic E-state index is -0.484. The van der Waals surface area contributed by atoms with Crippen LogP contribution in [0.5, 0.6) is 5.75 Å². The fraction of sp³-hybridized carbons (Fsp3) is 0.222. The number of ether oxygens (including phenoxy) is 1. The molecular formula is C9H9N2O3+. The Balaban J connectivity index is 2.77. The van der Waals surface area contributed by atoms with E-state index in [1.165, 1.54) is 7.05 Å². The van der Waals surface area contributed by atoms with Gasteiger partial charge in [0, 0.05) is 11.2 Å². The van der Waals surface area contributed by atoms with Crippen molar-refractivity contribution in [2.75, 3.05) is 7.11 Å². The van der Waals surface area contributed by atoms with E-state index in [1.54, 1.807) is 25.3 Å². The van der Waals surface area contributed by atoms with Gasteiger partial charge in [0.1, 0.15) is 5.75 Å². The summed E-state index contributed by atoms with van der Waals surface area (Å²) in [5, 5.41) is 4.01. The monoisotopic (exact) mass is 193 g/mol. The highest BCUT2D eigenvalue weighted by atomic mass is 16.5. The molecule has 72 valence electrons. The Morgan fingerprint density at radius 1 is 1.50 bits per heavy atom. The molecule has 0 atom stereocenters.